The van der Waals surface area contributed by atoms with Gasteiger partial charge in [-0.2, -0.15) is 0 Å². The molecule has 1 aliphatic rings. The number of piperidine rings is 1. The van der Waals surface area contributed by atoms with Crippen molar-refractivity contribution in [2.75, 3.05) is 13.1 Å². The molecule has 0 spiro atoms. The van der Waals surface area contributed by atoms with E-state index in [1.807, 2.05) is 57.2 Å². The van der Waals surface area contributed by atoms with Crippen LogP contribution in [0.15, 0.2) is 53.7 Å². The minimum atomic E-state index is -0.483. The molecule has 2 heterocycles. The van der Waals surface area contributed by atoms with Crippen LogP contribution in [0.2, 0.25) is 0 Å². The zero-order valence-corrected chi connectivity index (χ0v) is 21.1. The summed E-state index contributed by atoms with van der Waals surface area (Å²) in [6.07, 6.45) is 1.45. The van der Waals surface area contributed by atoms with Gasteiger partial charge in [0, 0.05) is 29.8 Å². The molecule has 1 fully saturated rings. The second-order valence-corrected chi connectivity index (χ2v) is 10.8. The van der Waals surface area contributed by atoms with Gasteiger partial charge >= 0.3 is 0 Å². The van der Waals surface area contributed by atoms with Gasteiger partial charge in [-0.1, -0.05) is 56.8 Å². The molecule has 184 valence electrons. The van der Waals surface area contributed by atoms with E-state index in [-0.39, 0.29) is 23.6 Å². The number of hydrazine groups is 1. The van der Waals surface area contributed by atoms with E-state index in [0.29, 0.717) is 30.8 Å². The number of carbonyl (C=O) groups is 3. The summed E-state index contributed by atoms with van der Waals surface area (Å²) in [5, 5.41) is 0.848. The third kappa shape index (κ3) is 6.22. The summed E-state index contributed by atoms with van der Waals surface area (Å²) in [6.45, 7) is 6.66. The SMILES string of the molecule is CC(C)(C)C(=O)N1CCCC(C(=O)NNC(=O)c2ccc(CSc3nc4ccccc4[nH]3)cc2)C1. The van der Waals surface area contributed by atoms with E-state index < -0.39 is 5.41 Å². The molecule has 2 aromatic carbocycles. The van der Waals surface area contributed by atoms with Gasteiger partial charge in [0.15, 0.2) is 5.16 Å². The number of H-pyrrole nitrogens is 1. The van der Waals surface area contributed by atoms with Crippen LogP contribution in [-0.2, 0) is 15.3 Å². The zero-order valence-electron chi connectivity index (χ0n) is 20.3. The van der Waals surface area contributed by atoms with Crippen LogP contribution >= 0.6 is 11.8 Å². The van der Waals surface area contributed by atoms with Crippen molar-refractivity contribution in [3.63, 3.8) is 0 Å². The summed E-state index contributed by atoms with van der Waals surface area (Å²) in [5.74, 6) is -0.244. The van der Waals surface area contributed by atoms with Gasteiger partial charge in [0.2, 0.25) is 11.8 Å². The average Bonchev–Trinajstić information content (AvgIpc) is 3.28. The molecule has 0 aliphatic carbocycles. The van der Waals surface area contributed by atoms with Crippen LogP contribution in [0, 0.1) is 11.3 Å². The number of likely N-dealkylation sites (tertiary alicyclic amines) is 1. The number of benzene rings is 2. The number of nitrogens with one attached hydrogen (secondary N) is 3. The van der Waals surface area contributed by atoms with E-state index in [4.69, 9.17) is 0 Å². The Labute approximate surface area is 209 Å². The maximum Gasteiger partial charge on any atom is 0.269 e. The van der Waals surface area contributed by atoms with Crippen molar-refractivity contribution in [1.82, 2.24) is 25.7 Å². The number of aromatic amines is 1. The van der Waals surface area contributed by atoms with Crippen molar-refractivity contribution in [1.29, 1.82) is 0 Å². The van der Waals surface area contributed by atoms with Crippen molar-refractivity contribution in [3.8, 4) is 0 Å². The fourth-order valence-corrected chi connectivity index (χ4v) is 4.89. The maximum atomic E-state index is 12.6. The quantitative estimate of drug-likeness (QED) is 0.369. The highest BCUT2D eigenvalue weighted by atomic mass is 32.2. The lowest BCUT2D eigenvalue weighted by molar-refractivity contribution is -0.143. The summed E-state index contributed by atoms with van der Waals surface area (Å²) < 4.78 is 0. The van der Waals surface area contributed by atoms with Gasteiger partial charge in [0.25, 0.3) is 5.91 Å². The Bertz CT molecular complexity index is 1180. The number of nitrogens with zero attached hydrogens (tertiary/aromatic N) is 2. The first-order chi connectivity index (χ1) is 16.7. The van der Waals surface area contributed by atoms with E-state index in [9.17, 15) is 14.4 Å². The molecule has 1 aliphatic heterocycles. The summed E-state index contributed by atoms with van der Waals surface area (Å²) >= 11 is 1.59. The molecule has 3 N–H and O–H groups in total. The van der Waals surface area contributed by atoms with E-state index >= 15 is 0 Å². The Hall–Kier alpha value is -3.33. The van der Waals surface area contributed by atoms with E-state index in [2.05, 4.69) is 20.8 Å². The molecule has 1 atom stereocenters. The van der Waals surface area contributed by atoms with Gasteiger partial charge in [0.1, 0.15) is 0 Å². The van der Waals surface area contributed by atoms with Gasteiger partial charge < -0.3 is 9.88 Å². The highest BCUT2D eigenvalue weighted by Gasteiger charge is 2.33. The highest BCUT2D eigenvalue weighted by Crippen LogP contribution is 2.24. The molecule has 1 aromatic heterocycles. The second kappa shape index (κ2) is 10.5. The Morgan fingerprint density at radius 3 is 2.54 bits per heavy atom. The average molecular weight is 494 g/mol. The summed E-state index contributed by atoms with van der Waals surface area (Å²) in [7, 11) is 0. The first-order valence-electron chi connectivity index (χ1n) is 11.8. The normalized spacial score (nSPS) is 16.2. The van der Waals surface area contributed by atoms with Gasteiger partial charge in [-0.3, -0.25) is 25.2 Å². The van der Waals surface area contributed by atoms with Crippen LogP contribution in [0.3, 0.4) is 0 Å². The van der Waals surface area contributed by atoms with E-state index in [1.165, 1.54) is 0 Å². The lowest BCUT2D eigenvalue weighted by Gasteiger charge is -2.35. The third-order valence-corrected chi connectivity index (χ3v) is 6.92. The lowest BCUT2D eigenvalue weighted by Crippen LogP contribution is -2.51. The van der Waals surface area contributed by atoms with E-state index in [0.717, 1.165) is 28.2 Å². The van der Waals surface area contributed by atoms with Gasteiger partial charge in [-0.25, -0.2) is 4.98 Å². The fourth-order valence-electron chi connectivity index (χ4n) is 4.04. The lowest BCUT2D eigenvalue weighted by atomic mass is 9.91. The Morgan fingerprint density at radius 1 is 1.09 bits per heavy atom. The Balaban J connectivity index is 1.25. The third-order valence-electron chi connectivity index (χ3n) is 5.98. The molecule has 1 saturated heterocycles. The predicted octanol–water partition coefficient (Wildman–Crippen LogP) is 3.90. The minimum absolute atomic E-state index is 0.0395. The molecule has 35 heavy (non-hydrogen) atoms. The molecule has 8 nitrogen and oxygen atoms in total. The van der Waals surface area contributed by atoms with Crippen molar-refractivity contribution < 1.29 is 14.4 Å². The highest BCUT2D eigenvalue weighted by molar-refractivity contribution is 7.98. The van der Waals surface area contributed by atoms with E-state index in [1.54, 1.807) is 28.8 Å². The Kier molecular flexibility index (Phi) is 7.45. The van der Waals surface area contributed by atoms with Crippen LogP contribution in [0.4, 0.5) is 0 Å². The maximum absolute atomic E-state index is 12.6. The molecule has 9 heteroatoms. The largest absolute Gasteiger partial charge is 0.341 e. The van der Waals surface area contributed by atoms with Gasteiger partial charge in [-0.05, 0) is 42.7 Å². The smallest absolute Gasteiger partial charge is 0.269 e. The van der Waals surface area contributed by atoms with Crippen LogP contribution in [0.5, 0.6) is 0 Å². The molecule has 0 bridgehead atoms. The van der Waals surface area contributed by atoms with Crippen molar-refractivity contribution in [3.05, 3.63) is 59.7 Å². The first kappa shape index (κ1) is 24.8. The first-order valence-corrected chi connectivity index (χ1v) is 12.8. The van der Waals surface area contributed by atoms with Crippen molar-refractivity contribution >= 4 is 40.5 Å². The second-order valence-electron chi connectivity index (χ2n) is 9.83. The molecule has 3 aromatic rings. The molecular weight excluding hydrogens is 462 g/mol. The number of imidazole rings is 1. The number of hydrogen-bond acceptors (Lipinski definition) is 5. The summed E-state index contributed by atoms with van der Waals surface area (Å²) in [4.78, 5) is 47.3. The molecule has 3 amide bonds. The minimum Gasteiger partial charge on any atom is -0.341 e. The van der Waals surface area contributed by atoms with Crippen LogP contribution in [0.25, 0.3) is 11.0 Å². The van der Waals surface area contributed by atoms with Gasteiger partial charge in [-0.15, -0.1) is 0 Å². The fraction of sp³-hybridized carbons (Fsp3) is 0.385. The number of fused-ring (bicyclic) bond motifs is 1. The number of para-hydroxylation sites is 2. The van der Waals surface area contributed by atoms with Crippen LogP contribution in [0.1, 0.15) is 49.5 Å². The monoisotopic (exact) mass is 493 g/mol. The molecule has 0 saturated carbocycles. The predicted molar refractivity (Wildman–Crippen MR) is 136 cm³/mol. The Morgan fingerprint density at radius 2 is 1.83 bits per heavy atom. The summed E-state index contributed by atoms with van der Waals surface area (Å²) in [6, 6.07) is 15.2. The number of amides is 3. The van der Waals surface area contributed by atoms with Crippen molar-refractivity contribution in [2.45, 2.75) is 44.5 Å². The number of rotatable bonds is 5. The van der Waals surface area contributed by atoms with Crippen LogP contribution in [-0.4, -0.2) is 45.7 Å². The number of hydrogen-bond donors (Lipinski definition) is 3. The summed E-state index contributed by atoms with van der Waals surface area (Å²) in [5.41, 5.74) is 8.00. The number of thioether (sulfide) groups is 1. The zero-order chi connectivity index (χ0) is 25.0. The topological polar surface area (TPSA) is 107 Å². The van der Waals surface area contributed by atoms with Gasteiger partial charge in [0.05, 0.1) is 17.0 Å². The number of aromatic nitrogens is 2. The molecule has 4 rings (SSSR count). The van der Waals surface area contributed by atoms with Crippen LogP contribution < -0.4 is 10.9 Å². The molecular formula is C26H31N5O3S. The molecule has 0 radical (unpaired) electrons. The number of carbonyl (C=O) groups excluding carboxylic acids is 3. The van der Waals surface area contributed by atoms with Crippen molar-refractivity contribution in [2.24, 2.45) is 11.3 Å². The standard InChI is InChI=1S/C26H31N5O3S/c1-26(2,3)24(34)31-14-6-7-19(15-31)23(33)30-29-22(32)18-12-10-17(11-13-18)16-35-25-27-20-8-4-5-9-21(20)28-25/h4-5,8-13,19H,6-7,14-16H2,1-3H3,(H,27,28)(H,29,32)(H,30,33). The molecule has 1 unspecified atom stereocenters.